The fourth-order valence-electron chi connectivity index (χ4n) is 2.75. The van der Waals surface area contributed by atoms with Gasteiger partial charge in [0.25, 0.3) is 0 Å². The molecule has 4 rings (SSSR count). The summed E-state index contributed by atoms with van der Waals surface area (Å²) in [7, 11) is 0. The Bertz CT molecular complexity index is 992. The molecule has 0 saturated heterocycles. The molecule has 0 atom stereocenters. The maximum Gasteiger partial charge on any atom is 0.163 e. The van der Waals surface area contributed by atoms with Gasteiger partial charge in [-0.25, -0.2) is 14.4 Å². The summed E-state index contributed by atoms with van der Waals surface area (Å²) in [6, 6.07) is 25.8. The third-order valence-electron chi connectivity index (χ3n) is 4.03. The molecular formula is C22H14ClFN2. The first-order valence-corrected chi connectivity index (χ1v) is 8.54. The molecule has 1 heterocycles. The second-order valence-electron chi connectivity index (χ2n) is 5.82. The second kappa shape index (κ2) is 7.06. The van der Waals surface area contributed by atoms with Gasteiger partial charge in [0.15, 0.2) is 5.82 Å². The number of aromatic nitrogens is 2. The lowest BCUT2D eigenvalue weighted by Gasteiger charge is -2.10. The van der Waals surface area contributed by atoms with Crippen LogP contribution in [0.5, 0.6) is 0 Å². The van der Waals surface area contributed by atoms with Crippen LogP contribution in [0.3, 0.4) is 0 Å². The second-order valence-corrected chi connectivity index (χ2v) is 6.25. The molecule has 0 aliphatic heterocycles. The lowest BCUT2D eigenvalue weighted by atomic mass is 10.1. The van der Waals surface area contributed by atoms with Gasteiger partial charge >= 0.3 is 0 Å². The van der Waals surface area contributed by atoms with Gasteiger partial charge in [0.05, 0.1) is 17.0 Å². The largest absolute Gasteiger partial charge is 0.228 e. The Hall–Kier alpha value is -3.04. The van der Waals surface area contributed by atoms with Crippen LogP contribution in [-0.4, -0.2) is 9.97 Å². The van der Waals surface area contributed by atoms with E-state index in [2.05, 4.69) is 9.97 Å². The number of rotatable bonds is 3. The van der Waals surface area contributed by atoms with Crippen molar-refractivity contribution >= 4 is 11.6 Å². The van der Waals surface area contributed by atoms with Gasteiger partial charge in [-0.1, -0.05) is 72.3 Å². The van der Waals surface area contributed by atoms with Gasteiger partial charge in [-0.2, -0.15) is 0 Å². The van der Waals surface area contributed by atoms with Crippen LogP contribution in [-0.2, 0) is 0 Å². The van der Waals surface area contributed by atoms with Gasteiger partial charge in [-0.05, 0) is 24.3 Å². The molecule has 0 aliphatic rings. The van der Waals surface area contributed by atoms with Crippen molar-refractivity contribution < 1.29 is 4.39 Å². The molecule has 4 aromatic rings. The Morgan fingerprint density at radius 3 is 1.73 bits per heavy atom. The van der Waals surface area contributed by atoms with E-state index in [9.17, 15) is 4.39 Å². The molecule has 1 aromatic heterocycles. The summed E-state index contributed by atoms with van der Waals surface area (Å²) < 4.78 is 14.4. The highest BCUT2D eigenvalue weighted by molar-refractivity contribution is 6.30. The van der Waals surface area contributed by atoms with E-state index in [4.69, 9.17) is 11.6 Å². The summed E-state index contributed by atoms with van der Waals surface area (Å²) in [4.78, 5) is 9.18. The molecule has 26 heavy (non-hydrogen) atoms. The quantitative estimate of drug-likeness (QED) is 0.430. The van der Waals surface area contributed by atoms with Crippen LogP contribution in [0.25, 0.3) is 33.9 Å². The normalized spacial score (nSPS) is 10.7. The Morgan fingerprint density at radius 2 is 1.19 bits per heavy atom. The van der Waals surface area contributed by atoms with Crippen molar-refractivity contribution in [3.8, 4) is 33.9 Å². The fourth-order valence-corrected chi connectivity index (χ4v) is 2.92. The standard InChI is InChI=1S/C22H14ClFN2/c23-17-11-12-19(24)18(13-17)22-25-20(15-7-3-1-4-8-15)14-21(26-22)16-9-5-2-6-10-16/h1-14H. The van der Waals surface area contributed by atoms with Crippen LogP contribution in [0.1, 0.15) is 0 Å². The van der Waals surface area contributed by atoms with Crippen LogP contribution in [0, 0.1) is 5.82 Å². The first kappa shape index (κ1) is 16.4. The number of halogens is 2. The summed E-state index contributed by atoms with van der Waals surface area (Å²) in [5.74, 6) is -0.0937. The van der Waals surface area contributed by atoms with E-state index in [1.54, 1.807) is 6.07 Å². The number of hydrogen-bond acceptors (Lipinski definition) is 2. The molecule has 0 bridgehead atoms. The Kier molecular flexibility index (Phi) is 4.46. The molecule has 4 heteroatoms. The molecule has 0 radical (unpaired) electrons. The highest BCUT2D eigenvalue weighted by Gasteiger charge is 2.13. The molecule has 0 amide bonds. The predicted molar refractivity (Wildman–Crippen MR) is 103 cm³/mol. The fraction of sp³-hybridized carbons (Fsp3) is 0. The first-order valence-electron chi connectivity index (χ1n) is 8.16. The SMILES string of the molecule is Fc1ccc(Cl)cc1-c1nc(-c2ccccc2)cc(-c2ccccc2)n1. The lowest BCUT2D eigenvalue weighted by molar-refractivity contribution is 0.630. The molecule has 0 N–H and O–H groups in total. The maximum atomic E-state index is 14.4. The molecule has 0 fully saturated rings. The average Bonchev–Trinajstić information content (AvgIpc) is 2.71. The van der Waals surface area contributed by atoms with E-state index >= 15 is 0 Å². The zero-order valence-electron chi connectivity index (χ0n) is 13.7. The molecular weight excluding hydrogens is 347 g/mol. The van der Waals surface area contributed by atoms with Crippen molar-refractivity contribution in [2.45, 2.75) is 0 Å². The van der Waals surface area contributed by atoms with Crippen molar-refractivity contribution in [3.63, 3.8) is 0 Å². The number of hydrogen-bond donors (Lipinski definition) is 0. The summed E-state index contributed by atoms with van der Waals surface area (Å²) in [6.45, 7) is 0. The van der Waals surface area contributed by atoms with E-state index in [1.807, 2.05) is 66.7 Å². The van der Waals surface area contributed by atoms with Crippen LogP contribution < -0.4 is 0 Å². The maximum absolute atomic E-state index is 14.4. The lowest BCUT2D eigenvalue weighted by Crippen LogP contribution is -1.97. The molecule has 126 valence electrons. The van der Waals surface area contributed by atoms with Crippen molar-refractivity contribution in [2.24, 2.45) is 0 Å². The Balaban J connectivity index is 1.95. The van der Waals surface area contributed by atoms with Crippen LogP contribution in [0.2, 0.25) is 5.02 Å². The minimum absolute atomic E-state index is 0.285. The smallest absolute Gasteiger partial charge is 0.163 e. The van der Waals surface area contributed by atoms with Crippen molar-refractivity contribution in [3.05, 3.63) is 95.8 Å². The first-order chi connectivity index (χ1) is 12.7. The monoisotopic (exact) mass is 360 g/mol. The Morgan fingerprint density at radius 1 is 0.654 bits per heavy atom. The van der Waals surface area contributed by atoms with Gasteiger partial charge in [-0.15, -0.1) is 0 Å². The zero-order chi connectivity index (χ0) is 17.9. The highest BCUT2D eigenvalue weighted by Crippen LogP contribution is 2.29. The minimum Gasteiger partial charge on any atom is -0.228 e. The van der Waals surface area contributed by atoms with Gasteiger partial charge < -0.3 is 0 Å². The third-order valence-corrected chi connectivity index (χ3v) is 4.27. The molecule has 2 nitrogen and oxygen atoms in total. The third kappa shape index (κ3) is 3.35. The Labute approximate surface area is 156 Å². The van der Waals surface area contributed by atoms with Gasteiger partial charge in [0.1, 0.15) is 5.82 Å². The molecule has 3 aromatic carbocycles. The van der Waals surface area contributed by atoms with Crippen molar-refractivity contribution in [2.75, 3.05) is 0 Å². The zero-order valence-corrected chi connectivity index (χ0v) is 14.5. The highest BCUT2D eigenvalue weighted by atomic mass is 35.5. The van der Waals surface area contributed by atoms with E-state index in [1.165, 1.54) is 12.1 Å². The van der Waals surface area contributed by atoms with Crippen molar-refractivity contribution in [1.29, 1.82) is 0 Å². The molecule has 0 saturated carbocycles. The molecule has 0 unspecified atom stereocenters. The van der Waals surface area contributed by atoms with Crippen LogP contribution in [0.15, 0.2) is 84.9 Å². The molecule has 0 aliphatic carbocycles. The van der Waals surface area contributed by atoms with Crippen LogP contribution >= 0.6 is 11.6 Å². The summed E-state index contributed by atoms with van der Waals surface area (Å²) in [5.41, 5.74) is 3.63. The summed E-state index contributed by atoms with van der Waals surface area (Å²) in [5, 5.41) is 0.441. The number of nitrogens with zero attached hydrogens (tertiary/aromatic N) is 2. The van der Waals surface area contributed by atoms with E-state index < -0.39 is 5.82 Å². The van der Waals surface area contributed by atoms with Gasteiger partial charge in [0, 0.05) is 16.1 Å². The summed E-state index contributed by atoms with van der Waals surface area (Å²) >= 11 is 6.06. The average molecular weight is 361 g/mol. The minimum atomic E-state index is -0.404. The predicted octanol–water partition coefficient (Wildman–Crippen LogP) is 6.27. The van der Waals surface area contributed by atoms with Crippen LogP contribution in [0.4, 0.5) is 4.39 Å². The summed E-state index contributed by atoms with van der Waals surface area (Å²) in [6.07, 6.45) is 0. The number of benzene rings is 3. The van der Waals surface area contributed by atoms with E-state index in [0.29, 0.717) is 10.8 Å². The van der Waals surface area contributed by atoms with E-state index in [0.717, 1.165) is 22.5 Å². The van der Waals surface area contributed by atoms with Gasteiger partial charge in [0.2, 0.25) is 0 Å². The van der Waals surface area contributed by atoms with E-state index in [-0.39, 0.29) is 5.56 Å². The molecule has 0 spiro atoms. The van der Waals surface area contributed by atoms with Crippen molar-refractivity contribution in [1.82, 2.24) is 9.97 Å². The van der Waals surface area contributed by atoms with Gasteiger partial charge in [-0.3, -0.25) is 0 Å². The topological polar surface area (TPSA) is 25.8 Å².